The zero-order valence-corrected chi connectivity index (χ0v) is 16.0. The van der Waals surface area contributed by atoms with Gasteiger partial charge in [-0.3, -0.25) is 0 Å². The van der Waals surface area contributed by atoms with E-state index in [1.165, 1.54) is 107 Å². The molecule has 12 saturated carbocycles. The molecule has 12 fully saturated rings. The normalized spacial score (nSPS) is 98.3. The lowest BCUT2D eigenvalue weighted by Gasteiger charge is -2.58. The van der Waals surface area contributed by atoms with Crippen LogP contribution in [-0.2, 0) is 0 Å². The number of hydrogen-bond acceptors (Lipinski definition) is 0. The molecule has 0 radical (unpaired) electrons. The van der Waals surface area contributed by atoms with Gasteiger partial charge < -0.3 is 0 Å². The van der Waals surface area contributed by atoms with Crippen LogP contribution in [-0.4, -0.2) is 3.23 Å². The molecule has 12 aliphatic carbocycles. The molecule has 2 bridgehead atoms. The van der Waals surface area contributed by atoms with Crippen LogP contribution in [0.2, 0.25) is 0 Å². The van der Waals surface area contributed by atoms with Crippen molar-refractivity contribution >= 4 is 31.9 Å². The number of hydrogen-bond donors (Lipinski definition) is 0. The Morgan fingerprint density at radius 2 is 0.478 bits per heavy atom. The monoisotopic (exact) mass is 430 g/mol. The van der Waals surface area contributed by atoms with Crippen LogP contribution in [0, 0.1) is 118 Å². The van der Waals surface area contributed by atoms with Crippen LogP contribution in [0.5, 0.6) is 0 Å². The molecule has 0 nitrogen and oxygen atoms in total. The second-order valence-corrected chi connectivity index (χ2v) is 15.8. The summed E-state index contributed by atoms with van der Waals surface area (Å²) in [4.78, 5) is 0. The summed E-state index contributed by atoms with van der Waals surface area (Å²) in [5.41, 5.74) is 0. The third kappa shape index (κ3) is 0.607. The molecule has 23 heavy (non-hydrogen) atoms. The molecule has 0 aromatic heterocycles. The second-order valence-electron chi connectivity index (χ2n) is 12.1. The van der Waals surface area contributed by atoms with E-state index in [1.807, 2.05) is 0 Å². The molecule has 0 spiro atoms. The van der Waals surface area contributed by atoms with Gasteiger partial charge in [-0.15, -0.1) is 0 Å². The van der Waals surface area contributed by atoms with E-state index in [0.717, 1.165) is 11.8 Å². The SMILES string of the molecule is BrC1(Br)C2[C@H]3C4C5[C@@H]6C7C8[C@H]5[C@@H]5[C@@H]4C1[C@H]1C4C([C@@H]7[C@H]([C@@H]42)[C@H]63)[C@@H]8[C@@H]15. The molecule has 0 aromatic rings. The van der Waals surface area contributed by atoms with Gasteiger partial charge in [-0.25, -0.2) is 0 Å². The van der Waals surface area contributed by atoms with Crippen LogP contribution in [0.3, 0.4) is 0 Å². The quantitative estimate of drug-likeness (QED) is 0.509. The van der Waals surface area contributed by atoms with Crippen LogP contribution < -0.4 is 0 Å². The Morgan fingerprint density at radius 3 is 0.739 bits per heavy atom. The third-order valence-corrected chi connectivity index (χ3v) is 15.8. The first-order valence-corrected chi connectivity index (χ1v) is 12.2. The molecule has 20 atom stereocenters. The molecule has 0 aromatic carbocycles. The van der Waals surface area contributed by atoms with Gasteiger partial charge in [0.2, 0.25) is 0 Å². The van der Waals surface area contributed by atoms with E-state index in [4.69, 9.17) is 0 Å². The van der Waals surface area contributed by atoms with E-state index in [2.05, 4.69) is 31.9 Å². The highest BCUT2D eigenvalue weighted by atomic mass is 79.9. The summed E-state index contributed by atoms with van der Waals surface area (Å²) in [6.45, 7) is 0. The average Bonchev–Trinajstić information content (AvgIpc) is 3.20. The maximum absolute atomic E-state index is 4.43. The minimum Gasteiger partial charge on any atom is -0.0721 e. The Bertz CT molecular complexity index is 688. The Balaban J connectivity index is 1.44. The van der Waals surface area contributed by atoms with Crippen molar-refractivity contribution in [2.24, 2.45) is 118 Å². The lowest BCUT2D eigenvalue weighted by atomic mass is 9.54. The van der Waals surface area contributed by atoms with Gasteiger partial charge in [0.15, 0.2) is 0 Å². The van der Waals surface area contributed by atoms with Crippen LogP contribution in [0.4, 0.5) is 0 Å². The Morgan fingerprint density at radius 1 is 0.304 bits per heavy atom. The molecule has 2 heteroatoms. The summed E-state index contributed by atoms with van der Waals surface area (Å²) < 4.78 is 0.365. The van der Waals surface area contributed by atoms with Gasteiger partial charge in [0.25, 0.3) is 0 Å². The van der Waals surface area contributed by atoms with Gasteiger partial charge in [0, 0.05) is 0 Å². The van der Waals surface area contributed by atoms with Gasteiger partial charge >= 0.3 is 0 Å². The van der Waals surface area contributed by atoms with Gasteiger partial charge in [-0.2, -0.15) is 0 Å². The van der Waals surface area contributed by atoms with Crippen LogP contribution in [0.1, 0.15) is 0 Å². The molecule has 12 rings (SSSR count). The second kappa shape index (κ2) is 2.47. The maximum Gasteiger partial charge on any atom is 0.0872 e. The summed E-state index contributed by atoms with van der Waals surface area (Å²) in [5.74, 6) is 24.2. The van der Waals surface area contributed by atoms with E-state index in [0.29, 0.717) is 3.23 Å². The predicted octanol–water partition coefficient (Wildman–Crippen LogP) is 3.95. The van der Waals surface area contributed by atoms with Crippen molar-refractivity contribution in [1.29, 1.82) is 0 Å². The topological polar surface area (TPSA) is 0 Å². The maximum atomic E-state index is 4.43. The van der Waals surface area contributed by atoms with Crippen molar-refractivity contribution < 1.29 is 0 Å². The molecule has 0 heterocycles. The summed E-state index contributed by atoms with van der Waals surface area (Å²) in [6.07, 6.45) is 0. The predicted molar refractivity (Wildman–Crippen MR) is 90.4 cm³/mol. The lowest BCUT2D eigenvalue weighted by molar-refractivity contribution is -0.0322. The van der Waals surface area contributed by atoms with Crippen molar-refractivity contribution in [2.45, 2.75) is 3.23 Å². The van der Waals surface area contributed by atoms with Crippen LogP contribution in [0.15, 0.2) is 0 Å². The first-order valence-electron chi connectivity index (χ1n) is 10.6. The number of halogens is 2. The van der Waals surface area contributed by atoms with E-state index in [1.54, 1.807) is 0 Å². The van der Waals surface area contributed by atoms with Crippen molar-refractivity contribution in [1.82, 2.24) is 0 Å². The van der Waals surface area contributed by atoms with Gasteiger partial charge in [-0.1, -0.05) is 31.9 Å². The molecular formula is C21H20Br2. The summed E-state index contributed by atoms with van der Waals surface area (Å²) in [7, 11) is 0. The summed E-state index contributed by atoms with van der Waals surface area (Å²) in [6, 6.07) is 0. The first kappa shape index (κ1) is 11.0. The highest BCUT2D eigenvalue weighted by Gasteiger charge is 2.98. The minimum absolute atomic E-state index is 0.365. The molecule has 8 unspecified atom stereocenters. The van der Waals surface area contributed by atoms with Crippen LogP contribution >= 0.6 is 31.9 Å². The fourth-order valence-corrected chi connectivity index (χ4v) is 17.9. The third-order valence-electron chi connectivity index (χ3n) is 13.7. The molecule has 0 N–H and O–H groups in total. The number of rotatable bonds is 0. The standard InChI is InChI=1S/C21H20Br2/c22-21(23)19-15-9-3-1-2-5-7(3)13(15)17-11(5)12-6(2)8-4(1)10(9)16(19)14(8)18(12)20(17)21/h1-20H/t1?,2?,3-,4-,5-,6+,7?,8?,9-,10+,11+,12+,13?,14?,15-,16+,17+,18-,19?,20?/m1/s1. The Labute approximate surface area is 153 Å². The summed E-state index contributed by atoms with van der Waals surface area (Å²) >= 11 is 8.86. The molecule has 12 aliphatic rings. The molecule has 0 amide bonds. The largest absolute Gasteiger partial charge is 0.0872 e. The van der Waals surface area contributed by atoms with Gasteiger partial charge in [-0.05, 0) is 118 Å². The van der Waals surface area contributed by atoms with E-state index >= 15 is 0 Å². The molecule has 0 aliphatic heterocycles. The van der Waals surface area contributed by atoms with E-state index in [9.17, 15) is 0 Å². The Kier molecular flexibility index (Phi) is 1.18. The highest BCUT2D eigenvalue weighted by molar-refractivity contribution is 9.25. The molecular weight excluding hydrogens is 412 g/mol. The zero-order chi connectivity index (χ0) is 14.0. The number of alkyl halides is 2. The Hall–Kier alpha value is 0.960. The van der Waals surface area contributed by atoms with Crippen molar-refractivity contribution in [2.75, 3.05) is 0 Å². The fourth-order valence-electron chi connectivity index (χ4n) is 15.5. The van der Waals surface area contributed by atoms with E-state index in [-0.39, 0.29) is 0 Å². The summed E-state index contributed by atoms with van der Waals surface area (Å²) in [5, 5.41) is 0. The molecule has 0 saturated heterocycles. The van der Waals surface area contributed by atoms with Gasteiger partial charge in [0.1, 0.15) is 0 Å². The smallest absolute Gasteiger partial charge is 0.0721 e. The minimum atomic E-state index is 0.365. The zero-order valence-electron chi connectivity index (χ0n) is 12.8. The highest BCUT2D eigenvalue weighted by Crippen LogP contribution is 3.01. The van der Waals surface area contributed by atoms with Crippen molar-refractivity contribution in [3.05, 3.63) is 0 Å². The average molecular weight is 432 g/mol. The first-order chi connectivity index (χ1) is 11.2. The van der Waals surface area contributed by atoms with Crippen molar-refractivity contribution in [3.8, 4) is 0 Å². The van der Waals surface area contributed by atoms with Gasteiger partial charge in [0.05, 0.1) is 3.23 Å². The van der Waals surface area contributed by atoms with Crippen molar-refractivity contribution in [3.63, 3.8) is 0 Å². The van der Waals surface area contributed by atoms with E-state index < -0.39 is 0 Å². The fraction of sp³-hybridized carbons (Fsp3) is 1.00. The molecule has 118 valence electrons. The lowest BCUT2D eigenvalue weighted by Crippen LogP contribution is -2.57. The van der Waals surface area contributed by atoms with Crippen LogP contribution in [0.25, 0.3) is 0 Å².